The summed E-state index contributed by atoms with van der Waals surface area (Å²) in [4.78, 5) is 27.0. The van der Waals surface area contributed by atoms with E-state index in [9.17, 15) is 18.0 Å². The van der Waals surface area contributed by atoms with Gasteiger partial charge in [-0.05, 0) is 60.2 Å². The topological polar surface area (TPSA) is 110 Å². The molecule has 2 amide bonds. The third kappa shape index (κ3) is 6.41. The first-order valence-corrected chi connectivity index (χ1v) is 13.3. The molecule has 0 bridgehead atoms. The van der Waals surface area contributed by atoms with E-state index in [1.165, 1.54) is 24.3 Å². The molecule has 10 heteroatoms. The number of nitrogens with two attached hydrogens (primary N) is 1. The predicted molar refractivity (Wildman–Crippen MR) is 135 cm³/mol. The molecule has 2 aromatic rings. The Morgan fingerprint density at radius 3 is 2.49 bits per heavy atom. The first-order chi connectivity index (χ1) is 16.5. The van der Waals surface area contributed by atoms with E-state index < -0.39 is 22.0 Å². The highest BCUT2D eigenvalue weighted by atomic mass is 35.5. The Kier molecular flexibility index (Phi) is 8.93. The van der Waals surface area contributed by atoms with Gasteiger partial charge >= 0.3 is 0 Å². The smallest absolute Gasteiger partial charge is 0.254 e. The van der Waals surface area contributed by atoms with Crippen molar-refractivity contribution in [2.45, 2.75) is 44.2 Å². The molecule has 0 unspecified atom stereocenters. The summed E-state index contributed by atoms with van der Waals surface area (Å²) in [5.74, 6) is -0.747. The minimum Gasteiger partial charge on any atom is -0.383 e. The fourth-order valence-electron chi connectivity index (χ4n) is 4.21. The molecule has 0 saturated heterocycles. The number of hydrogen-bond acceptors (Lipinski definition) is 5. The lowest BCUT2D eigenvalue weighted by Crippen LogP contribution is -2.48. The number of ether oxygens (including phenoxy) is 1. The number of primary amides is 1. The number of hydrogen-bond donors (Lipinski definition) is 1. The molecule has 0 spiro atoms. The highest BCUT2D eigenvalue weighted by molar-refractivity contribution is 7.89. The molecule has 0 aliphatic carbocycles. The Balaban J connectivity index is 1.97. The molecule has 2 aromatic carbocycles. The number of amides is 2. The van der Waals surface area contributed by atoms with Crippen molar-refractivity contribution in [1.82, 2.24) is 9.21 Å². The molecule has 1 aliphatic rings. The van der Waals surface area contributed by atoms with Gasteiger partial charge in [-0.1, -0.05) is 37.6 Å². The fraction of sp³-hybridized carbons (Fsp3) is 0.440. The minimum atomic E-state index is -4.07. The number of rotatable bonds is 11. The molecule has 190 valence electrons. The van der Waals surface area contributed by atoms with Gasteiger partial charge in [0.05, 0.1) is 11.5 Å². The molecule has 0 aromatic heterocycles. The monoisotopic (exact) mass is 521 g/mol. The molecule has 2 N–H and O–H groups in total. The predicted octanol–water partition coefficient (Wildman–Crippen LogP) is 3.08. The van der Waals surface area contributed by atoms with E-state index >= 15 is 0 Å². The SMILES string of the molecule is COCCN1CCc2cc(CN([C@H](CC(C)C)C(N)=O)S(=O)(=O)c3ccc(Cl)cc3)ccc2C1=O. The summed E-state index contributed by atoms with van der Waals surface area (Å²) in [7, 11) is -2.48. The Hall–Kier alpha value is -2.46. The summed E-state index contributed by atoms with van der Waals surface area (Å²) in [6.07, 6.45) is 0.924. The normalized spacial score (nSPS) is 14.9. The van der Waals surface area contributed by atoms with Crippen LogP contribution >= 0.6 is 11.6 Å². The molecule has 0 fully saturated rings. The summed E-state index contributed by atoms with van der Waals surface area (Å²) in [5.41, 5.74) is 7.82. The third-order valence-electron chi connectivity index (χ3n) is 6.03. The first-order valence-electron chi connectivity index (χ1n) is 11.5. The summed E-state index contributed by atoms with van der Waals surface area (Å²) < 4.78 is 33.6. The van der Waals surface area contributed by atoms with Gasteiger partial charge in [0.1, 0.15) is 6.04 Å². The lowest BCUT2D eigenvalue weighted by atomic mass is 9.96. The van der Waals surface area contributed by atoms with Crippen LogP contribution in [0.25, 0.3) is 0 Å². The molecule has 1 aliphatic heterocycles. The van der Waals surface area contributed by atoms with E-state index in [4.69, 9.17) is 22.1 Å². The first kappa shape index (κ1) is 27.1. The van der Waals surface area contributed by atoms with Crippen molar-refractivity contribution in [2.75, 3.05) is 26.8 Å². The Labute approximate surface area is 212 Å². The van der Waals surface area contributed by atoms with Gasteiger partial charge in [-0.2, -0.15) is 4.31 Å². The Morgan fingerprint density at radius 2 is 1.89 bits per heavy atom. The second-order valence-electron chi connectivity index (χ2n) is 9.08. The van der Waals surface area contributed by atoms with Crippen LogP contribution < -0.4 is 5.73 Å². The highest BCUT2D eigenvalue weighted by Crippen LogP contribution is 2.27. The summed E-state index contributed by atoms with van der Waals surface area (Å²) in [6, 6.07) is 10.1. The Morgan fingerprint density at radius 1 is 1.20 bits per heavy atom. The second-order valence-corrected chi connectivity index (χ2v) is 11.4. The van der Waals surface area contributed by atoms with Crippen LogP contribution in [0.1, 0.15) is 41.8 Å². The quantitative estimate of drug-likeness (QED) is 0.488. The lowest BCUT2D eigenvalue weighted by Gasteiger charge is -2.31. The van der Waals surface area contributed by atoms with E-state index in [0.29, 0.717) is 42.3 Å². The molecule has 35 heavy (non-hydrogen) atoms. The standard InChI is InChI=1S/C25H32ClN3O5S/c1-17(2)14-23(24(27)30)29(35(32,33)21-7-5-20(26)6-8-21)16-18-4-9-22-19(15-18)10-11-28(25(22)31)12-13-34-3/h4-9,15,17,23H,10-14,16H2,1-3H3,(H2,27,30)/t23-/m1/s1. The van der Waals surface area contributed by atoms with Crippen LogP contribution in [0.5, 0.6) is 0 Å². The van der Waals surface area contributed by atoms with E-state index in [2.05, 4.69) is 0 Å². The van der Waals surface area contributed by atoms with Crippen molar-refractivity contribution in [3.63, 3.8) is 0 Å². The summed E-state index contributed by atoms with van der Waals surface area (Å²) in [6.45, 7) is 5.29. The number of methoxy groups -OCH3 is 1. The molecule has 3 rings (SSSR count). The van der Waals surface area contributed by atoms with Crippen molar-refractivity contribution >= 4 is 33.4 Å². The molecule has 1 heterocycles. The number of carbonyl (C=O) groups is 2. The maximum Gasteiger partial charge on any atom is 0.254 e. The third-order valence-corrected chi connectivity index (χ3v) is 8.15. The minimum absolute atomic E-state index is 0.0267. The summed E-state index contributed by atoms with van der Waals surface area (Å²) in [5, 5.41) is 0.406. The van der Waals surface area contributed by atoms with Crippen LogP contribution in [-0.4, -0.2) is 62.3 Å². The van der Waals surface area contributed by atoms with Gasteiger partial charge in [-0.25, -0.2) is 8.42 Å². The average Bonchev–Trinajstić information content (AvgIpc) is 2.80. The van der Waals surface area contributed by atoms with Gasteiger partial charge in [-0.3, -0.25) is 9.59 Å². The van der Waals surface area contributed by atoms with Gasteiger partial charge in [0.15, 0.2) is 0 Å². The summed E-state index contributed by atoms with van der Waals surface area (Å²) >= 11 is 5.95. The zero-order valence-electron chi connectivity index (χ0n) is 20.2. The van der Waals surface area contributed by atoms with Crippen LogP contribution in [0.15, 0.2) is 47.4 Å². The van der Waals surface area contributed by atoms with Gasteiger partial charge < -0.3 is 15.4 Å². The van der Waals surface area contributed by atoms with Crippen LogP contribution in [0, 0.1) is 5.92 Å². The second kappa shape index (κ2) is 11.5. The zero-order valence-corrected chi connectivity index (χ0v) is 21.8. The van der Waals surface area contributed by atoms with Crippen molar-refractivity contribution in [2.24, 2.45) is 11.7 Å². The van der Waals surface area contributed by atoms with E-state index in [0.717, 1.165) is 9.87 Å². The number of nitrogens with zero attached hydrogens (tertiary/aromatic N) is 2. The maximum absolute atomic E-state index is 13.7. The molecule has 0 radical (unpaired) electrons. The maximum atomic E-state index is 13.7. The van der Waals surface area contributed by atoms with E-state index in [1.807, 2.05) is 19.9 Å². The van der Waals surface area contributed by atoms with Crippen LogP contribution in [-0.2, 0) is 32.5 Å². The van der Waals surface area contributed by atoms with Crippen molar-refractivity contribution in [1.29, 1.82) is 0 Å². The number of sulfonamides is 1. The zero-order chi connectivity index (χ0) is 25.8. The van der Waals surface area contributed by atoms with Crippen molar-refractivity contribution in [3.8, 4) is 0 Å². The van der Waals surface area contributed by atoms with Crippen LogP contribution in [0.4, 0.5) is 0 Å². The lowest BCUT2D eigenvalue weighted by molar-refractivity contribution is -0.122. The Bertz CT molecular complexity index is 1170. The van der Waals surface area contributed by atoms with Crippen LogP contribution in [0.2, 0.25) is 5.02 Å². The largest absolute Gasteiger partial charge is 0.383 e. The molecular weight excluding hydrogens is 490 g/mol. The van der Waals surface area contributed by atoms with Gasteiger partial charge in [0, 0.05) is 37.3 Å². The van der Waals surface area contributed by atoms with Crippen molar-refractivity contribution in [3.05, 3.63) is 64.2 Å². The van der Waals surface area contributed by atoms with Gasteiger partial charge in [0.2, 0.25) is 15.9 Å². The van der Waals surface area contributed by atoms with Gasteiger partial charge in [-0.15, -0.1) is 0 Å². The number of halogens is 1. The van der Waals surface area contributed by atoms with E-state index in [1.54, 1.807) is 24.1 Å². The average molecular weight is 522 g/mol. The van der Waals surface area contributed by atoms with E-state index in [-0.39, 0.29) is 29.7 Å². The molecule has 0 saturated carbocycles. The van der Waals surface area contributed by atoms with Crippen molar-refractivity contribution < 1.29 is 22.7 Å². The van der Waals surface area contributed by atoms with Crippen LogP contribution in [0.3, 0.4) is 0 Å². The highest BCUT2D eigenvalue weighted by Gasteiger charge is 2.36. The fourth-order valence-corrected chi connectivity index (χ4v) is 5.93. The molecule has 1 atom stereocenters. The number of benzene rings is 2. The molecule has 8 nitrogen and oxygen atoms in total. The molecular formula is C25H32ClN3O5S. The van der Waals surface area contributed by atoms with Gasteiger partial charge in [0.25, 0.3) is 5.91 Å². The number of carbonyl (C=O) groups excluding carboxylic acids is 2. The number of fused-ring (bicyclic) bond motifs is 1.